The maximum atomic E-state index is 11.6. The molecular weight excluding hydrogens is 204 g/mol. The first-order valence-corrected chi connectivity index (χ1v) is 5.79. The molecule has 0 aliphatic heterocycles. The number of amides is 1. The summed E-state index contributed by atoms with van der Waals surface area (Å²) in [6.45, 7) is 0.381. The van der Waals surface area contributed by atoms with Crippen LogP contribution in [0.5, 0.6) is 0 Å². The number of hydrogen-bond donors (Lipinski definition) is 3. The standard InChI is InChI=1S/C12H18N2O2/c15-11(8-10-4-3-7-13-10)14-9-12(16)5-1-2-6-12/h3-4,7,13,16H,1-2,5-6,8-9H2,(H,14,15). The summed E-state index contributed by atoms with van der Waals surface area (Å²) in [4.78, 5) is 14.5. The van der Waals surface area contributed by atoms with Crippen LogP contribution in [0.15, 0.2) is 18.3 Å². The van der Waals surface area contributed by atoms with Gasteiger partial charge in [0, 0.05) is 18.4 Å². The third-order valence-corrected chi connectivity index (χ3v) is 3.16. The van der Waals surface area contributed by atoms with E-state index in [-0.39, 0.29) is 5.91 Å². The van der Waals surface area contributed by atoms with E-state index in [1.54, 1.807) is 6.20 Å². The summed E-state index contributed by atoms with van der Waals surface area (Å²) in [6, 6.07) is 3.75. The summed E-state index contributed by atoms with van der Waals surface area (Å²) in [6.07, 6.45) is 5.87. The lowest BCUT2D eigenvalue weighted by atomic mass is 10.0. The molecule has 0 bridgehead atoms. The van der Waals surface area contributed by atoms with Crippen LogP contribution < -0.4 is 5.32 Å². The zero-order valence-electron chi connectivity index (χ0n) is 9.33. The van der Waals surface area contributed by atoms with Gasteiger partial charge in [-0.3, -0.25) is 4.79 Å². The largest absolute Gasteiger partial charge is 0.388 e. The Bertz CT molecular complexity index is 340. The molecule has 1 aliphatic rings. The van der Waals surface area contributed by atoms with Gasteiger partial charge in [-0.1, -0.05) is 12.8 Å². The van der Waals surface area contributed by atoms with E-state index in [9.17, 15) is 9.90 Å². The number of nitrogens with one attached hydrogen (secondary N) is 2. The van der Waals surface area contributed by atoms with Crippen LogP contribution in [0.25, 0.3) is 0 Å². The van der Waals surface area contributed by atoms with E-state index < -0.39 is 5.60 Å². The van der Waals surface area contributed by atoms with Crippen molar-refractivity contribution in [3.63, 3.8) is 0 Å². The van der Waals surface area contributed by atoms with Crippen molar-refractivity contribution in [2.45, 2.75) is 37.7 Å². The molecule has 0 aromatic carbocycles. The number of rotatable bonds is 4. The molecule has 0 saturated heterocycles. The monoisotopic (exact) mass is 222 g/mol. The Morgan fingerprint density at radius 3 is 2.88 bits per heavy atom. The second-order valence-electron chi connectivity index (χ2n) is 4.58. The molecule has 16 heavy (non-hydrogen) atoms. The van der Waals surface area contributed by atoms with Crippen LogP contribution in [0, 0.1) is 0 Å². The molecule has 1 saturated carbocycles. The van der Waals surface area contributed by atoms with E-state index in [0.717, 1.165) is 31.4 Å². The summed E-state index contributed by atoms with van der Waals surface area (Å²) in [7, 11) is 0. The number of hydrogen-bond acceptors (Lipinski definition) is 2. The molecule has 2 rings (SSSR count). The second kappa shape index (κ2) is 4.70. The SMILES string of the molecule is O=C(Cc1ccc[nH]1)NCC1(O)CCCC1. The average Bonchev–Trinajstić information content (AvgIpc) is 2.88. The molecule has 1 aliphatic carbocycles. The van der Waals surface area contributed by atoms with Crippen molar-refractivity contribution >= 4 is 5.91 Å². The molecule has 4 nitrogen and oxygen atoms in total. The number of H-pyrrole nitrogens is 1. The predicted molar refractivity (Wildman–Crippen MR) is 60.9 cm³/mol. The van der Waals surface area contributed by atoms with Gasteiger partial charge in [0.05, 0.1) is 12.0 Å². The fraction of sp³-hybridized carbons (Fsp3) is 0.583. The molecule has 0 atom stereocenters. The van der Waals surface area contributed by atoms with Crippen molar-refractivity contribution in [1.82, 2.24) is 10.3 Å². The normalized spacial score (nSPS) is 18.6. The van der Waals surface area contributed by atoms with Crippen LogP contribution in [0.3, 0.4) is 0 Å². The first-order valence-electron chi connectivity index (χ1n) is 5.79. The van der Waals surface area contributed by atoms with Crippen LogP contribution in [0.1, 0.15) is 31.4 Å². The minimum atomic E-state index is -0.661. The van der Waals surface area contributed by atoms with Gasteiger partial charge in [0.2, 0.25) is 5.91 Å². The summed E-state index contributed by atoms with van der Waals surface area (Å²) < 4.78 is 0. The van der Waals surface area contributed by atoms with Gasteiger partial charge in [0.25, 0.3) is 0 Å². The van der Waals surface area contributed by atoms with Crippen molar-refractivity contribution < 1.29 is 9.90 Å². The Balaban J connectivity index is 1.75. The predicted octanol–water partition coefficient (Wildman–Crippen LogP) is 0.978. The molecule has 0 spiro atoms. The maximum Gasteiger partial charge on any atom is 0.226 e. The second-order valence-corrected chi connectivity index (χ2v) is 4.58. The van der Waals surface area contributed by atoms with Crippen LogP contribution >= 0.6 is 0 Å². The minimum Gasteiger partial charge on any atom is -0.388 e. The number of aromatic nitrogens is 1. The Morgan fingerprint density at radius 2 is 2.25 bits per heavy atom. The van der Waals surface area contributed by atoms with E-state index in [0.29, 0.717) is 13.0 Å². The molecule has 1 aromatic rings. The summed E-state index contributed by atoms with van der Waals surface area (Å²) >= 11 is 0. The van der Waals surface area contributed by atoms with Crippen LogP contribution in [-0.4, -0.2) is 28.1 Å². The Morgan fingerprint density at radius 1 is 1.50 bits per heavy atom. The van der Waals surface area contributed by atoms with E-state index >= 15 is 0 Å². The summed E-state index contributed by atoms with van der Waals surface area (Å²) in [5.41, 5.74) is 0.238. The van der Waals surface area contributed by atoms with Gasteiger partial charge in [-0.15, -0.1) is 0 Å². The van der Waals surface area contributed by atoms with E-state index in [1.807, 2.05) is 12.1 Å². The molecule has 1 fully saturated rings. The average molecular weight is 222 g/mol. The van der Waals surface area contributed by atoms with Crippen LogP contribution in [0.2, 0.25) is 0 Å². The zero-order valence-corrected chi connectivity index (χ0v) is 9.33. The van der Waals surface area contributed by atoms with Gasteiger partial charge in [-0.2, -0.15) is 0 Å². The molecule has 1 heterocycles. The first kappa shape index (κ1) is 11.2. The van der Waals surface area contributed by atoms with Gasteiger partial charge in [-0.25, -0.2) is 0 Å². The highest BCUT2D eigenvalue weighted by atomic mass is 16.3. The van der Waals surface area contributed by atoms with Crippen molar-refractivity contribution in [1.29, 1.82) is 0 Å². The van der Waals surface area contributed by atoms with Crippen molar-refractivity contribution in [3.8, 4) is 0 Å². The Hall–Kier alpha value is -1.29. The topological polar surface area (TPSA) is 65.1 Å². The van der Waals surface area contributed by atoms with E-state index in [2.05, 4.69) is 10.3 Å². The quantitative estimate of drug-likeness (QED) is 0.711. The lowest BCUT2D eigenvalue weighted by Gasteiger charge is -2.22. The Labute approximate surface area is 95.1 Å². The minimum absolute atomic E-state index is 0.0391. The number of aromatic amines is 1. The lowest BCUT2D eigenvalue weighted by molar-refractivity contribution is -0.121. The molecule has 0 unspecified atom stereocenters. The smallest absolute Gasteiger partial charge is 0.226 e. The fourth-order valence-electron chi connectivity index (χ4n) is 2.19. The molecule has 88 valence electrons. The molecular formula is C12H18N2O2. The van der Waals surface area contributed by atoms with Gasteiger partial charge in [0.15, 0.2) is 0 Å². The highest BCUT2D eigenvalue weighted by molar-refractivity contribution is 5.78. The molecule has 3 N–H and O–H groups in total. The van der Waals surface area contributed by atoms with Gasteiger partial charge < -0.3 is 15.4 Å². The molecule has 1 aromatic heterocycles. The number of carbonyl (C=O) groups excluding carboxylic acids is 1. The van der Waals surface area contributed by atoms with E-state index in [1.165, 1.54) is 0 Å². The summed E-state index contributed by atoms with van der Waals surface area (Å²) in [5.74, 6) is -0.0391. The zero-order chi connectivity index (χ0) is 11.4. The maximum absolute atomic E-state index is 11.6. The van der Waals surface area contributed by atoms with Crippen LogP contribution in [0.4, 0.5) is 0 Å². The Kier molecular flexibility index (Phi) is 3.29. The highest BCUT2D eigenvalue weighted by Gasteiger charge is 2.31. The van der Waals surface area contributed by atoms with Crippen molar-refractivity contribution in [3.05, 3.63) is 24.0 Å². The van der Waals surface area contributed by atoms with Gasteiger partial charge in [0.1, 0.15) is 0 Å². The lowest BCUT2D eigenvalue weighted by Crippen LogP contribution is -2.41. The molecule has 1 amide bonds. The summed E-state index contributed by atoms with van der Waals surface area (Å²) in [5, 5.41) is 12.8. The van der Waals surface area contributed by atoms with Crippen molar-refractivity contribution in [2.75, 3.05) is 6.54 Å². The van der Waals surface area contributed by atoms with E-state index in [4.69, 9.17) is 0 Å². The third-order valence-electron chi connectivity index (χ3n) is 3.16. The molecule has 0 radical (unpaired) electrons. The fourth-order valence-corrected chi connectivity index (χ4v) is 2.19. The third kappa shape index (κ3) is 2.85. The highest BCUT2D eigenvalue weighted by Crippen LogP contribution is 2.28. The van der Waals surface area contributed by atoms with Crippen molar-refractivity contribution in [2.24, 2.45) is 0 Å². The van der Waals surface area contributed by atoms with Gasteiger partial charge in [-0.05, 0) is 25.0 Å². The number of carbonyl (C=O) groups is 1. The molecule has 4 heteroatoms. The van der Waals surface area contributed by atoms with Gasteiger partial charge >= 0.3 is 0 Å². The number of aliphatic hydroxyl groups is 1. The van der Waals surface area contributed by atoms with Crippen LogP contribution in [-0.2, 0) is 11.2 Å². The first-order chi connectivity index (χ1) is 7.68.